The zero-order valence-corrected chi connectivity index (χ0v) is 12.0. The molecule has 102 valence electrons. The fraction of sp³-hybridized carbons (Fsp3) is 0. The number of hydrogen-bond acceptors (Lipinski definition) is 4. The Hall–Kier alpha value is -2.10. The molecule has 2 aromatic rings. The van der Waals surface area contributed by atoms with Crippen LogP contribution in [-0.2, 0) is 0 Å². The first-order valence-electron chi connectivity index (χ1n) is 5.34. The third-order valence-electron chi connectivity index (χ3n) is 2.43. The second-order valence-electron chi connectivity index (χ2n) is 3.73. The maximum absolute atomic E-state index is 13.4. The number of hydrogen-bond donors (Lipinski definition) is 1. The van der Waals surface area contributed by atoms with Crippen LogP contribution in [0.15, 0.2) is 36.7 Å². The van der Waals surface area contributed by atoms with Crippen LogP contribution in [0.25, 0.3) is 0 Å². The molecular formula is C12H7FIN3O3. The Balaban J connectivity index is 2.32. The number of pyridine rings is 1. The van der Waals surface area contributed by atoms with Gasteiger partial charge >= 0.3 is 0 Å². The predicted octanol–water partition coefficient (Wildman–Crippen LogP) is 2.99. The van der Waals surface area contributed by atoms with Gasteiger partial charge in [-0.3, -0.25) is 19.9 Å². The third kappa shape index (κ3) is 3.07. The molecule has 0 aliphatic carbocycles. The largest absolute Gasteiger partial charge is 0.319 e. The summed E-state index contributed by atoms with van der Waals surface area (Å²) in [6, 6.07) is 5.20. The van der Waals surface area contributed by atoms with Gasteiger partial charge in [0.2, 0.25) is 0 Å². The minimum atomic E-state index is -0.679. The molecule has 1 aromatic heterocycles. The summed E-state index contributed by atoms with van der Waals surface area (Å²) < 4.78 is 13.9. The Morgan fingerprint density at radius 2 is 2.15 bits per heavy atom. The second-order valence-corrected chi connectivity index (χ2v) is 4.89. The molecule has 0 unspecified atom stereocenters. The molecule has 0 atom stereocenters. The van der Waals surface area contributed by atoms with Crippen LogP contribution in [-0.4, -0.2) is 15.8 Å². The number of nitrogens with one attached hydrogen (secondary N) is 1. The number of nitro groups is 1. The number of benzene rings is 1. The Bertz CT molecular complexity index is 693. The van der Waals surface area contributed by atoms with Crippen LogP contribution in [0.3, 0.4) is 0 Å². The summed E-state index contributed by atoms with van der Waals surface area (Å²) in [6.45, 7) is 0. The van der Waals surface area contributed by atoms with Crippen LogP contribution in [0.4, 0.5) is 15.8 Å². The van der Waals surface area contributed by atoms with Crippen molar-refractivity contribution in [2.45, 2.75) is 0 Å². The van der Waals surface area contributed by atoms with Gasteiger partial charge in [0, 0.05) is 21.9 Å². The average molecular weight is 387 g/mol. The SMILES string of the molecule is O=C(Nc1ccncc1F)c1cc([N+](=O)[O-])ccc1I. The van der Waals surface area contributed by atoms with Gasteiger partial charge in [-0.25, -0.2) is 4.39 Å². The summed E-state index contributed by atoms with van der Waals surface area (Å²) in [6.07, 6.45) is 2.30. The molecule has 1 amide bonds. The zero-order valence-electron chi connectivity index (χ0n) is 9.84. The molecule has 0 aliphatic heterocycles. The summed E-state index contributed by atoms with van der Waals surface area (Å²) in [7, 11) is 0. The maximum atomic E-state index is 13.4. The van der Waals surface area contributed by atoms with E-state index in [9.17, 15) is 19.3 Å². The molecule has 6 nitrogen and oxygen atoms in total. The number of amides is 1. The average Bonchev–Trinajstić information content (AvgIpc) is 2.41. The van der Waals surface area contributed by atoms with Gasteiger partial charge < -0.3 is 5.32 Å². The molecule has 2 rings (SSSR count). The van der Waals surface area contributed by atoms with Gasteiger partial charge in [0.05, 0.1) is 22.4 Å². The topological polar surface area (TPSA) is 85.1 Å². The Morgan fingerprint density at radius 1 is 1.40 bits per heavy atom. The number of carbonyl (C=O) groups is 1. The van der Waals surface area contributed by atoms with Gasteiger partial charge in [-0.2, -0.15) is 0 Å². The molecule has 0 saturated carbocycles. The van der Waals surface area contributed by atoms with E-state index in [-0.39, 0.29) is 16.9 Å². The first-order valence-corrected chi connectivity index (χ1v) is 6.41. The van der Waals surface area contributed by atoms with Crippen molar-refractivity contribution < 1.29 is 14.1 Å². The molecule has 1 N–H and O–H groups in total. The molecule has 8 heteroatoms. The minimum absolute atomic E-state index is 0.0349. The fourth-order valence-corrected chi connectivity index (χ4v) is 2.05. The van der Waals surface area contributed by atoms with Crippen LogP contribution < -0.4 is 5.32 Å². The monoisotopic (exact) mass is 387 g/mol. The van der Waals surface area contributed by atoms with Crippen LogP contribution in [0.2, 0.25) is 0 Å². The van der Waals surface area contributed by atoms with Crippen molar-refractivity contribution in [3.63, 3.8) is 0 Å². The number of carbonyl (C=O) groups excluding carboxylic acids is 1. The number of rotatable bonds is 3. The predicted molar refractivity (Wildman–Crippen MR) is 78.0 cm³/mol. The summed E-state index contributed by atoms with van der Waals surface area (Å²) in [5.41, 5.74) is -0.130. The minimum Gasteiger partial charge on any atom is -0.319 e. The Kier molecular flexibility index (Phi) is 4.23. The lowest BCUT2D eigenvalue weighted by Gasteiger charge is -2.07. The highest BCUT2D eigenvalue weighted by atomic mass is 127. The molecule has 0 aliphatic rings. The fourth-order valence-electron chi connectivity index (χ4n) is 1.47. The van der Waals surface area contributed by atoms with Gasteiger partial charge in [-0.05, 0) is 34.7 Å². The smallest absolute Gasteiger partial charge is 0.270 e. The van der Waals surface area contributed by atoms with E-state index >= 15 is 0 Å². The van der Waals surface area contributed by atoms with Crippen molar-refractivity contribution in [3.05, 3.63) is 61.7 Å². The van der Waals surface area contributed by atoms with Crippen LogP contribution in [0.1, 0.15) is 10.4 Å². The second kappa shape index (κ2) is 5.90. The van der Waals surface area contributed by atoms with Crippen molar-refractivity contribution in [1.82, 2.24) is 4.98 Å². The first-order chi connectivity index (χ1) is 9.49. The number of non-ortho nitro benzene ring substituents is 1. The van der Waals surface area contributed by atoms with E-state index in [1.807, 2.05) is 22.6 Å². The van der Waals surface area contributed by atoms with E-state index in [2.05, 4.69) is 10.3 Å². The van der Waals surface area contributed by atoms with Gasteiger partial charge in [-0.1, -0.05) is 0 Å². The molecule has 0 bridgehead atoms. The lowest BCUT2D eigenvalue weighted by atomic mass is 10.2. The number of halogens is 2. The lowest BCUT2D eigenvalue weighted by Crippen LogP contribution is -2.14. The highest BCUT2D eigenvalue weighted by Crippen LogP contribution is 2.21. The van der Waals surface area contributed by atoms with Crippen LogP contribution >= 0.6 is 22.6 Å². The molecule has 0 saturated heterocycles. The lowest BCUT2D eigenvalue weighted by molar-refractivity contribution is -0.384. The molecular weight excluding hydrogens is 380 g/mol. The molecule has 1 heterocycles. The quantitative estimate of drug-likeness (QED) is 0.499. The van der Waals surface area contributed by atoms with Crippen molar-refractivity contribution >= 4 is 39.9 Å². The van der Waals surface area contributed by atoms with Gasteiger partial charge in [0.25, 0.3) is 11.6 Å². The standard InChI is InChI=1S/C12H7FIN3O3/c13-9-6-15-4-3-11(9)16-12(18)8-5-7(17(19)20)1-2-10(8)14/h1-6H,(H,15,16,18). The summed E-state index contributed by atoms with van der Waals surface area (Å²) >= 11 is 1.88. The van der Waals surface area contributed by atoms with Crippen molar-refractivity contribution in [3.8, 4) is 0 Å². The molecule has 0 fully saturated rings. The van der Waals surface area contributed by atoms with Crippen molar-refractivity contribution in [2.75, 3.05) is 5.32 Å². The summed E-state index contributed by atoms with van der Waals surface area (Å²) in [5, 5.41) is 13.1. The first kappa shape index (κ1) is 14.3. The Labute approximate surface area is 126 Å². The summed E-state index contributed by atoms with van der Waals surface area (Å²) in [4.78, 5) is 25.7. The van der Waals surface area contributed by atoms with Gasteiger partial charge in [0.1, 0.15) is 0 Å². The van der Waals surface area contributed by atoms with E-state index in [0.717, 1.165) is 12.3 Å². The zero-order chi connectivity index (χ0) is 14.7. The number of nitro benzene ring substituents is 1. The van der Waals surface area contributed by atoms with E-state index in [1.165, 1.54) is 24.4 Å². The highest BCUT2D eigenvalue weighted by Gasteiger charge is 2.16. The Morgan fingerprint density at radius 3 is 2.80 bits per heavy atom. The normalized spacial score (nSPS) is 10.1. The molecule has 0 radical (unpaired) electrons. The van der Waals surface area contributed by atoms with Crippen molar-refractivity contribution in [2.24, 2.45) is 0 Å². The van der Waals surface area contributed by atoms with Crippen molar-refractivity contribution in [1.29, 1.82) is 0 Å². The van der Waals surface area contributed by atoms with Crippen LogP contribution in [0.5, 0.6) is 0 Å². The molecule has 0 spiro atoms. The maximum Gasteiger partial charge on any atom is 0.270 e. The molecule has 1 aromatic carbocycles. The van der Waals surface area contributed by atoms with Crippen LogP contribution in [0, 0.1) is 19.5 Å². The van der Waals surface area contributed by atoms with E-state index < -0.39 is 16.6 Å². The van der Waals surface area contributed by atoms with E-state index in [0.29, 0.717) is 3.57 Å². The van der Waals surface area contributed by atoms with Gasteiger partial charge in [0.15, 0.2) is 5.82 Å². The number of nitrogens with zero attached hydrogens (tertiary/aromatic N) is 2. The number of anilines is 1. The summed E-state index contributed by atoms with van der Waals surface area (Å²) in [5.74, 6) is -1.30. The van der Waals surface area contributed by atoms with Gasteiger partial charge in [-0.15, -0.1) is 0 Å². The third-order valence-corrected chi connectivity index (χ3v) is 3.37. The molecule has 20 heavy (non-hydrogen) atoms. The van der Waals surface area contributed by atoms with E-state index in [1.54, 1.807) is 0 Å². The van der Waals surface area contributed by atoms with E-state index in [4.69, 9.17) is 0 Å². The number of aromatic nitrogens is 1. The highest BCUT2D eigenvalue weighted by molar-refractivity contribution is 14.1.